The Balaban J connectivity index is 2.28. The number of ether oxygens (including phenoxy) is 2. The molecule has 3 N–H and O–H groups in total. The number of Topliss-reactive ketones (excluding diaryl/α,β-unsaturated/α-hetero) is 1. The number of phenolic OH excluding ortho intramolecular Hbond substituents is 1. The zero-order valence-electron chi connectivity index (χ0n) is 23.3. The van der Waals surface area contributed by atoms with E-state index in [1.807, 2.05) is 0 Å². The van der Waals surface area contributed by atoms with Crippen molar-refractivity contribution < 1.29 is 34.4 Å². The Morgan fingerprint density at radius 1 is 0.921 bits per heavy atom. The normalized spacial score (nSPS) is 13.2. The standard InChI is InChI=1S/C31H48O7/c1-3-4-5-6-7-8-9-10-11-12-13-14-15-16-17-18-27(34)31(28(35)24-32)38-30(36)22-20-25-19-21-26(33)29(23-25)37-2/h10-11,19-23,28,31-33,35H,3-9,12-18,24H2,1-2H3/b11-10-,22-20?. The Morgan fingerprint density at radius 2 is 1.53 bits per heavy atom. The number of carbonyl (C=O) groups is 2. The van der Waals surface area contributed by atoms with E-state index in [1.165, 1.54) is 70.3 Å². The molecule has 0 aliphatic carbocycles. The predicted octanol–water partition coefficient (Wildman–Crippen LogP) is 6.29. The number of phenols is 1. The lowest BCUT2D eigenvalue weighted by Gasteiger charge is -2.20. The highest BCUT2D eigenvalue weighted by Gasteiger charge is 2.29. The number of hydrogen-bond acceptors (Lipinski definition) is 7. The third-order valence-electron chi connectivity index (χ3n) is 6.40. The highest BCUT2D eigenvalue weighted by molar-refractivity contribution is 5.91. The lowest BCUT2D eigenvalue weighted by atomic mass is 10.0. The average molecular weight is 533 g/mol. The number of esters is 1. The number of benzene rings is 1. The summed E-state index contributed by atoms with van der Waals surface area (Å²) in [6.07, 6.45) is 19.4. The van der Waals surface area contributed by atoms with Crippen LogP contribution in [0, 0.1) is 0 Å². The second-order valence-corrected chi connectivity index (χ2v) is 9.67. The third-order valence-corrected chi connectivity index (χ3v) is 6.40. The Labute approximate surface area is 228 Å². The highest BCUT2D eigenvalue weighted by atomic mass is 16.6. The van der Waals surface area contributed by atoms with E-state index in [-0.39, 0.29) is 17.9 Å². The van der Waals surface area contributed by atoms with Crippen molar-refractivity contribution in [2.24, 2.45) is 0 Å². The number of aromatic hydroxyl groups is 1. The quantitative estimate of drug-likeness (QED) is 0.0696. The van der Waals surface area contributed by atoms with Crippen LogP contribution in [-0.2, 0) is 14.3 Å². The van der Waals surface area contributed by atoms with Gasteiger partial charge < -0.3 is 24.8 Å². The molecule has 0 aliphatic rings. The van der Waals surface area contributed by atoms with Crippen molar-refractivity contribution in [3.05, 3.63) is 42.0 Å². The van der Waals surface area contributed by atoms with Gasteiger partial charge in [-0.15, -0.1) is 0 Å². The molecule has 1 aromatic carbocycles. The van der Waals surface area contributed by atoms with E-state index in [1.54, 1.807) is 6.07 Å². The molecular formula is C31H48O7. The molecule has 0 spiro atoms. The fourth-order valence-corrected chi connectivity index (χ4v) is 4.09. The maximum absolute atomic E-state index is 12.6. The number of carbonyl (C=O) groups excluding carboxylic acids is 2. The van der Waals surface area contributed by atoms with Crippen LogP contribution in [0.15, 0.2) is 36.4 Å². The van der Waals surface area contributed by atoms with Crippen LogP contribution in [0.5, 0.6) is 11.5 Å². The number of rotatable bonds is 22. The molecule has 0 saturated carbocycles. The lowest BCUT2D eigenvalue weighted by Crippen LogP contribution is -2.40. The summed E-state index contributed by atoms with van der Waals surface area (Å²) < 4.78 is 10.2. The van der Waals surface area contributed by atoms with Crippen molar-refractivity contribution in [3.63, 3.8) is 0 Å². The molecule has 2 atom stereocenters. The SMILES string of the molecule is CCCCCCCC/C=C\CCCCCCCC(=O)C(OC(=O)C=Cc1ccc(O)c(OC)c1)C(O)CO. The maximum Gasteiger partial charge on any atom is 0.331 e. The molecule has 7 nitrogen and oxygen atoms in total. The summed E-state index contributed by atoms with van der Waals surface area (Å²) in [5, 5.41) is 29.0. The second kappa shape index (κ2) is 21.3. The minimum absolute atomic E-state index is 0.0282. The molecule has 214 valence electrons. The molecule has 38 heavy (non-hydrogen) atoms. The van der Waals surface area contributed by atoms with E-state index in [4.69, 9.17) is 9.47 Å². The maximum atomic E-state index is 12.6. The number of aliphatic hydroxyl groups is 2. The van der Waals surface area contributed by atoms with E-state index < -0.39 is 30.6 Å². The van der Waals surface area contributed by atoms with E-state index >= 15 is 0 Å². The number of methoxy groups -OCH3 is 1. The van der Waals surface area contributed by atoms with Gasteiger partial charge in [-0.3, -0.25) is 4.79 Å². The number of allylic oxidation sites excluding steroid dienone is 2. The van der Waals surface area contributed by atoms with Gasteiger partial charge in [-0.1, -0.05) is 76.5 Å². The highest BCUT2D eigenvalue weighted by Crippen LogP contribution is 2.26. The molecule has 0 fully saturated rings. The van der Waals surface area contributed by atoms with Crippen molar-refractivity contribution in [1.29, 1.82) is 0 Å². The molecule has 0 saturated heterocycles. The van der Waals surface area contributed by atoms with Gasteiger partial charge in [0.2, 0.25) is 0 Å². The minimum Gasteiger partial charge on any atom is -0.504 e. The van der Waals surface area contributed by atoms with Crippen LogP contribution in [0.1, 0.15) is 102 Å². The molecular weight excluding hydrogens is 484 g/mol. The molecule has 7 heteroatoms. The zero-order valence-corrected chi connectivity index (χ0v) is 23.3. The first-order chi connectivity index (χ1) is 18.4. The molecule has 0 aromatic heterocycles. The van der Waals surface area contributed by atoms with Gasteiger partial charge in [0.1, 0.15) is 6.10 Å². The van der Waals surface area contributed by atoms with Crippen LogP contribution in [0.2, 0.25) is 0 Å². The van der Waals surface area contributed by atoms with Gasteiger partial charge in [0.25, 0.3) is 0 Å². The number of aliphatic hydroxyl groups excluding tert-OH is 2. The molecule has 1 rings (SSSR count). The number of hydrogen-bond donors (Lipinski definition) is 3. The largest absolute Gasteiger partial charge is 0.504 e. The summed E-state index contributed by atoms with van der Waals surface area (Å²) in [6.45, 7) is 1.55. The second-order valence-electron chi connectivity index (χ2n) is 9.67. The Bertz CT molecular complexity index is 847. The predicted molar refractivity (Wildman–Crippen MR) is 151 cm³/mol. The number of unbranched alkanes of at least 4 members (excludes halogenated alkanes) is 11. The Kier molecular flexibility index (Phi) is 18.7. The molecule has 0 heterocycles. The van der Waals surface area contributed by atoms with E-state index in [2.05, 4.69) is 19.1 Å². The van der Waals surface area contributed by atoms with E-state index in [0.29, 0.717) is 12.0 Å². The van der Waals surface area contributed by atoms with Gasteiger partial charge >= 0.3 is 5.97 Å². The van der Waals surface area contributed by atoms with Crippen LogP contribution < -0.4 is 4.74 Å². The first-order valence-corrected chi connectivity index (χ1v) is 14.1. The smallest absolute Gasteiger partial charge is 0.331 e. The molecule has 1 aromatic rings. The van der Waals surface area contributed by atoms with Gasteiger partial charge in [-0.2, -0.15) is 0 Å². The lowest BCUT2D eigenvalue weighted by molar-refractivity contribution is -0.159. The van der Waals surface area contributed by atoms with Gasteiger partial charge in [0, 0.05) is 12.5 Å². The van der Waals surface area contributed by atoms with E-state index in [0.717, 1.165) is 38.2 Å². The first kappa shape index (κ1) is 33.4. The topological polar surface area (TPSA) is 113 Å². The van der Waals surface area contributed by atoms with Crippen LogP contribution in [0.25, 0.3) is 6.08 Å². The minimum atomic E-state index is -1.48. The summed E-state index contributed by atoms with van der Waals surface area (Å²) >= 11 is 0. The summed E-state index contributed by atoms with van der Waals surface area (Å²) in [4.78, 5) is 24.8. The van der Waals surface area contributed by atoms with Gasteiger partial charge in [-0.05, 0) is 55.9 Å². The van der Waals surface area contributed by atoms with Crippen molar-refractivity contribution in [1.82, 2.24) is 0 Å². The van der Waals surface area contributed by atoms with Crippen molar-refractivity contribution in [2.75, 3.05) is 13.7 Å². The summed E-state index contributed by atoms with van der Waals surface area (Å²) in [6, 6.07) is 4.55. The summed E-state index contributed by atoms with van der Waals surface area (Å²) in [5.41, 5.74) is 0.579. The van der Waals surface area contributed by atoms with Crippen LogP contribution in [0.4, 0.5) is 0 Å². The van der Waals surface area contributed by atoms with Gasteiger partial charge in [-0.25, -0.2) is 4.79 Å². The molecule has 0 radical (unpaired) electrons. The van der Waals surface area contributed by atoms with Gasteiger partial charge in [0.05, 0.1) is 13.7 Å². The van der Waals surface area contributed by atoms with Crippen LogP contribution in [-0.4, -0.2) is 53.0 Å². The molecule has 0 bridgehead atoms. The molecule has 0 amide bonds. The zero-order chi connectivity index (χ0) is 28.0. The molecule has 2 unspecified atom stereocenters. The van der Waals surface area contributed by atoms with Crippen LogP contribution in [0.3, 0.4) is 0 Å². The Morgan fingerprint density at radius 3 is 2.13 bits per heavy atom. The third kappa shape index (κ3) is 14.9. The Hall–Kier alpha value is -2.64. The van der Waals surface area contributed by atoms with Gasteiger partial charge in [0.15, 0.2) is 23.4 Å². The number of ketones is 1. The van der Waals surface area contributed by atoms with Crippen molar-refractivity contribution in [2.45, 2.75) is 109 Å². The fourth-order valence-electron chi connectivity index (χ4n) is 4.09. The monoisotopic (exact) mass is 532 g/mol. The van der Waals surface area contributed by atoms with E-state index in [9.17, 15) is 24.9 Å². The summed E-state index contributed by atoms with van der Waals surface area (Å²) in [5.74, 6) is -0.992. The fraction of sp³-hybridized carbons (Fsp3) is 0.613. The van der Waals surface area contributed by atoms with Crippen LogP contribution >= 0.6 is 0 Å². The average Bonchev–Trinajstić information content (AvgIpc) is 2.92. The van der Waals surface area contributed by atoms with Crippen molar-refractivity contribution >= 4 is 17.8 Å². The molecule has 0 aliphatic heterocycles. The first-order valence-electron chi connectivity index (χ1n) is 14.1. The van der Waals surface area contributed by atoms with Crippen molar-refractivity contribution in [3.8, 4) is 11.5 Å². The summed E-state index contributed by atoms with van der Waals surface area (Å²) in [7, 11) is 1.42.